The van der Waals surface area contributed by atoms with Gasteiger partial charge in [0.15, 0.2) is 9.84 Å². The fraction of sp³-hybridized carbons (Fsp3) is 0.143. The normalized spacial score (nSPS) is 11.2. The van der Waals surface area contributed by atoms with Gasteiger partial charge in [-0.1, -0.05) is 11.6 Å². The van der Waals surface area contributed by atoms with Gasteiger partial charge in [-0.2, -0.15) is 0 Å². The molecular weight excluding hydrogens is 312 g/mol. The lowest BCUT2D eigenvalue weighted by Crippen LogP contribution is -2.14. The monoisotopic (exact) mass is 324 g/mol. The molecule has 0 aliphatic rings. The first-order valence-electron chi connectivity index (χ1n) is 6.01. The molecule has 110 valence electrons. The molecule has 5 nitrogen and oxygen atoms in total. The maximum atomic E-state index is 12.2. The zero-order chi connectivity index (χ0) is 15.6. The van der Waals surface area contributed by atoms with Crippen LogP contribution in [0.4, 0.5) is 5.82 Å². The van der Waals surface area contributed by atoms with E-state index in [1.54, 1.807) is 18.3 Å². The maximum absolute atomic E-state index is 12.2. The Morgan fingerprint density at radius 1 is 1.24 bits per heavy atom. The van der Waals surface area contributed by atoms with E-state index < -0.39 is 15.7 Å². The lowest BCUT2D eigenvalue weighted by atomic mass is 10.2. The Balaban J connectivity index is 2.35. The number of rotatable bonds is 3. The summed E-state index contributed by atoms with van der Waals surface area (Å²) in [6, 6.07) is 7.50. The van der Waals surface area contributed by atoms with Crippen molar-refractivity contribution in [3.8, 4) is 0 Å². The second-order valence-electron chi connectivity index (χ2n) is 4.59. The first kappa shape index (κ1) is 15.5. The largest absolute Gasteiger partial charge is 0.307 e. The molecule has 7 heteroatoms. The molecular formula is C14H13ClN2O3S. The Morgan fingerprint density at radius 3 is 2.57 bits per heavy atom. The Morgan fingerprint density at radius 2 is 1.95 bits per heavy atom. The highest BCUT2D eigenvalue weighted by atomic mass is 35.5. The first-order valence-corrected chi connectivity index (χ1v) is 8.28. The summed E-state index contributed by atoms with van der Waals surface area (Å²) in [7, 11) is -3.41. The molecule has 1 aromatic carbocycles. The minimum atomic E-state index is -3.41. The molecule has 0 radical (unpaired) electrons. The van der Waals surface area contributed by atoms with Crippen LogP contribution in [0.5, 0.6) is 0 Å². The summed E-state index contributed by atoms with van der Waals surface area (Å²) in [5.74, 6) is -0.135. The first-order chi connectivity index (χ1) is 9.77. The van der Waals surface area contributed by atoms with E-state index in [1.165, 1.54) is 18.2 Å². The molecule has 0 bridgehead atoms. The second kappa shape index (κ2) is 5.83. The number of carbonyl (C=O) groups is 1. The van der Waals surface area contributed by atoms with Gasteiger partial charge in [-0.05, 0) is 42.8 Å². The number of aromatic nitrogens is 1. The summed E-state index contributed by atoms with van der Waals surface area (Å²) in [5, 5.41) is 2.76. The summed E-state index contributed by atoms with van der Waals surface area (Å²) in [6.07, 6.45) is 2.64. The van der Waals surface area contributed by atoms with Gasteiger partial charge in [-0.15, -0.1) is 0 Å². The molecule has 0 atom stereocenters. The van der Waals surface area contributed by atoms with Gasteiger partial charge < -0.3 is 5.32 Å². The number of carbonyl (C=O) groups excluding carboxylic acids is 1. The molecule has 0 aliphatic carbocycles. The van der Waals surface area contributed by atoms with Gasteiger partial charge in [0.25, 0.3) is 5.91 Å². The number of halogens is 1. The van der Waals surface area contributed by atoms with Crippen LogP contribution in [0.25, 0.3) is 0 Å². The number of benzene rings is 1. The van der Waals surface area contributed by atoms with E-state index in [-0.39, 0.29) is 15.5 Å². The predicted molar refractivity (Wildman–Crippen MR) is 81.5 cm³/mol. The quantitative estimate of drug-likeness (QED) is 0.941. The Labute approximate surface area is 127 Å². The third kappa shape index (κ3) is 3.80. The van der Waals surface area contributed by atoms with Crippen molar-refractivity contribution in [2.24, 2.45) is 0 Å². The number of anilines is 1. The molecule has 1 heterocycles. The maximum Gasteiger partial charge on any atom is 0.258 e. The van der Waals surface area contributed by atoms with E-state index >= 15 is 0 Å². The van der Waals surface area contributed by atoms with Gasteiger partial charge >= 0.3 is 0 Å². The van der Waals surface area contributed by atoms with Gasteiger partial charge in [0.2, 0.25) is 0 Å². The molecule has 2 rings (SSSR count). The van der Waals surface area contributed by atoms with Gasteiger partial charge in [-0.25, -0.2) is 13.4 Å². The highest BCUT2D eigenvalue weighted by Crippen LogP contribution is 2.21. The lowest BCUT2D eigenvalue weighted by molar-refractivity contribution is 0.102. The van der Waals surface area contributed by atoms with Crippen molar-refractivity contribution in [2.45, 2.75) is 11.8 Å². The summed E-state index contributed by atoms with van der Waals surface area (Å²) in [4.78, 5) is 16.2. The van der Waals surface area contributed by atoms with E-state index in [0.717, 1.165) is 11.8 Å². The molecule has 0 unspecified atom stereocenters. The average molecular weight is 325 g/mol. The predicted octanol–water partition coefficient (Wildman–Crippen LogP) is 2.70. The number of pyridine rings is 1. The molecule has 0 aliphatic heterocycles. The summed E-state index contributed by atoms with van der Waals surface area (Å²) >= 11 is 5.96. The molecule has 1 aromatic heterocycles. The third-order valence-electron chi connectivity index (χ3n) is 2.77. The molecule has 0 spiro atoms. The zero-order valence-corrected chi connectivity index (χ0v) is 13.0. The smallest absolute Gasteiger partial charge is 0.258 e. The summed E-state index contributed by atoms with van der Waals surface area (Å²) < 4.78 is 23.1. The zero-order valence-electron chi connectivity index (χ0n) is 11.4. The van der Waals surface area contributed by atoms with Crippen molar-refractivity contribution in [2.75, 3.05) is 11.6 Å². The number of amides is 1. The van der Waals surface area contributed by atoms with E-state index in [2.05, 4.69) is 10.3 Å². The summed E-state index contributed by atoms with van der Waals surface area (Å²) in [6.45, 7) is 1.87. The van der Waals surface area contributed by atoms with E-state index in [0.29, 0.717) is 5.82 Å². The van der Waals surface area contributed by atoms with Gasteiger partial charge in [0.05, 0.1) is 15.5 Å². The standard InChI is InChI=1S/C14H13ClN2O3S/c1-9-5-6-16-13(7-9)17-14(18)11-8-10(21(2,19)20)3-4-12(11)15/h3-8H,1-2H3,(H,16,17,18). The highest BCUT2D eigenvalue weighted by molar-refractivity contribution is 7.90. The van der Waals surface area contributed by atoms with Crippen LogP contribution in [0, 0.1) is 6.92 Å². The SMILES string of the molecule is Cc1ccnc(NC(=O)c2cc(S(C)(=O)=O)ccc2Cl)c1. The topological polar surface area (TPSA) is 76.1 Å². The van der Waals surface area contributed by atoms with Crippen LogP contribution < -0.4 is 5.32 Å². The third-order valence-corrected chi connectivity index (χ3v) is 4.21. The van der Waals surface area contributed by atoms with Crippen LogP contribution >= 0.6 is 11.6 Å². The molecule has 1 N–H and O–H groups in total. The van der Waals surface area contributed by atoms with Gasteiger partial charge in [0, 0.05) is 12.5 Å². The summed E-state index contributed by atoms with van der Waals surface area (Å²) in [5.41, 5.74) is 1.03. The van der Waals surface area contributed by atoms with Crippen LogP contribution in [-0.2, 0) is 9.84 Å². The van der Waals surface area contributed by atoms with E-state index in [1.807, 2.05) is 6.92 Å². The van der Waals surface area contributed by atoms with Crippen molar-refractivity contribution < 1.29 is 13.2 Å². The van der Waals surface area contributed by atoms with E-state index in [9.17, 15) is 13.2 Å². The van der Waals surface area contributed by atoms with Gasteiger partial charge in [0.1, 0.15) is 5.82 Å². The van der Waals surface area contributed by atoms with Crippen LogP contribution in [0.3, 0.4) is 0 Å². The minimum Gasteiger partial charge on any atom is -0.307 e. The van der Waals surface area contributed by atoms with E-state index in [4.69, 9.17) is 11.6 Å². The lowest BCUT2D eigenvalue weighted by Gasteiger charge is -2.08. The van der Waals surface area contributed by atoms with Crippen molar-refractivity contribution in [3.63, 3.8) is 0 Å². The van der Waals surface area contributed by atoms with Crippen molar-refractivity contribution in [1.82, 2.24) is 4.98 Å². The number of sulfone groups is 1. The highest BCUT2D eigenvalue weighted by Gasteiger charge is 2.16. The Bertz CT molecular complexity index is 804. The van der Waals surface area contributed by atoms with Crippen molar-refractivity contribution in [3.05, 3.63) is 52.7 Å². The van der Waals surface area contributed by atoms with Crippen LogP contribution in [0.15, 0.2) is 41.4 Å². The number of nitrogens with one attached hydrogen (secondary N) is 1. The molecule has 1 amide bonds. The van der Waals surface area contributed by atoms with Gasteiger partial charge in [-0.3, -0.25) is 4.79 Å². The second-order valence-corrected chi connectivity index (χ2v) is 7.01. The van der Waals surface area contributed by atoms with Crippen LogP contribution in [-0.4, -0.2) is 25.6 Å². The number of aryl methyl sites for hydroxylation is 1. The Hall–Kier alpha value is -1.92. The average Bonchev–Trinajstić information content (AvgIpc) is 2.37. The minimum absolute atomic E-state index is 0.0363. The fourth-order valence-corrected chi connectivity index (χ4v) is 2.55. The molecule has 2 aromatic rings. The number of nitrogens with zero attached hydrogens (tertiary/aromatic N) is 1. The van der Waals surface area contributed by atoms with Crippen molar-refractivity contribution in [1.29, 1.82) is 0 Å². The molecule has 21 heavy (non-hydrogen) atoms. The molecule has 0 saturated carbocycles. The van der Waals surface area contributed by atoms with Crippen molar-refractivity contribution >= 4 is 33.2 Å². The Kier molecular flexibility index (Phi) is 4.29. The molecule has 0 saturated heterocycles. The van der Waals surface area contributed by atoms with Crippen LogP contribution in [0.2, 0.25) is 5.02 Å². The fourth-order valence-electron chi connectivity index (χ4n) is 1.70. The van der Waals surface area contributed by atoms with Crippen LogP contribution in [0.1, 0.15) is 15.9 Å². The molecule has 0 fully saturated rings. The number of hydrogen-bond acceptors (Lipinski definition) is 4. The number of hydrogen-bond donors (Lipinski definition) is 1.